The molecule has 2 aromatic carbocycles. The van der Waals surface area contributed by atoms with Gasteiger partial charge in [0.05, 0.1) is 12.0 Å². The van der Waals surface area contributed by atoms with Crippen molar-refractivity contribution in [2.45, 2.75) is 79.6 Å². The topological polar surface area (TPSA) is 15.6 Å². The molecule has 2 nitrogen and oxygen atoms in total. The van der Waals surface area contributed by atoms with Crippen molar-refractivity contribution >= 4 is 28.7 Å². The fraction of sp³-hybridized carbons (Fsp3) is 0.469. The molecule has 0 saturated heterocycles. The quantitative estimate of drug-likeness (QED) is 0.207. The first-order valence-electron chi connectivity index (χ1n) is 13.1. The highest BCUT2D eigenvalue weighted by Gasteiger charge is 2.16. The third kappa shape index (κ3) is 10.5. The Labute approximate surface area is 220 Å². The van der Waals surface area contributed by atoms with Crippen LogP contribution in [0.2, 0.25) is 0 Å². The molecule has 35 heavy (non-hydrogen) atoms. The van der Waals surface area contributed by atoms with Crippen LogP contribution in [-0.4, -0.2) is 31.1 Å². The van der Waals surface area contributed by atoms with Crippen molar-refractivity contribution in [3.05, 3.63) is 82.9 Å². The summed E-state index contributed by atoms with van der Waals surface area (Å²) in [6.07, 6.45) is 10.5. The highest BCUT2D eigenvalue weighted by atomic mass is 32.2. The predicted octanol–water partition coefficient (Wildman–Crippen LogP) is 9.74. The minimum absolute atomic E-state index is 0.821. The van der Waals surface area contributed by atoms with Crippen LogP contribution in [0.4, 0.5) is 5.69 Å². The van der Waals surface area contributed by atoms with Gasteiger partial charge in [-0.1, -0.05) is 75.8 Å². The first-order chi connectivity index (χ1) is 16.7. The van der Waals surface area contributed by atoms with E-state index in [2.05, 4.69) is 93.4 Å². The molecule has 3 heteroatoms. The molecule has 0 spiro atoms. The van der Waals surface area contributed by atoms with Crippen molar-refractivity contribution in [1.82, 2.24) is 4.90 Å². The second-order valence-corrected chi connectivity index (χ2v) is 10.1. The second kappa shape index (κ2) is 16.4. The molecule has 0 amide bonds. The maximum Gasteiger partial charge on any atom is 0.0909 e. The summed E-state index contributed by atoms with van der Waals surface area (Å²) in [4.78, 5) is 7.76. The minimum Gasteiger partial charge on any atom is -0.366 e. The van der Waals surface area contributed by atoms with Crippen LogP contribution in [-0.2, 0) is 6.42 Å². The van der Waals surface area contributed by atoms with E-state index in [1.807, 2.05) is 27.2 Å². The van der Waals surface area contributed by atoms with E-state index in [9.17, 15) is 0 Å². The monoisotopic (exact) mass is 492 g/mol. The fourth-order valence-electron chi connectivity index (χ4n) is 4.08. The van der Waals surface area contributed by atoms with Crippen LogP contribution in [0.25, 0.3) is 4.91 Å². The Morgan fingerprint density at radius 2 is 1.66 bits per heavy atom. The molecule has 1 saturated carbocycles. The molecule has 0 N–H and O–H groups in total. The summed E-state index contributed by atoms with van der Waals surface area (Å²) in [6, 6.07) is 13.4. The predicted molar refractivity (Wildman–Crippen MR) is 162 cm³/mol. The third-order valence-corrected chi connectivity index (χ3v) is 7.07. The number of nitrogens with zero attached hydrogens (tertiary/aromatic N) is 2. The molecule has 192 valence electrons. The molecule has 1 aliphatic rings. The number of aryl methyl sites for hydroxylation is 2. The first kappa shape index (κ1) is 30.8. The van der Waals surface area contributed by atoms with Gasteiger partial charge in [0.1, 0.15) is 0 Å². The summed E-state index contributed by atoms with van der Waals surface area (Å²) in [5.74, 6) is 0.821. The molecule has 0 unspecified atom stereocenters. The highest BCUT2D eigenvalue weighted by molar-refractivity contribution is 8.07. The van der Waals surface area contributed by atoms with Crippen molar-refractivity contribution < 1.29 is 0 Å². The molecule has 2 aromatic rings. The summed E-state index contributed by atoms with van der Waals surface area (Å²) >= 11 is 1.72. The van der Waals surface area contributed by atoms with Gasteiger partial charge in [0.25, 0.3) is 0 Å². The van der Waals surface area contributed by atoms with Crippen molar-refractivity contribution in [1.29, 1.82) is 0 Å². The SMILES string of the molecule is C=C(C)Cc1cc(C)c(N=CN(C)CC)cc1C.C=C(SC)c1ccc(C2CCCC2)cc1.CC. The van der Waals surface area contributed by atoms with Crippen molar-refractivity contribution in [2.24, 2.45) is 4.99 Å². The number of aliphatic imine (C=N–C) groups is 1. The Morgan fingerprint density at radius 1 is 1.06 bits per heavy atom. The Hall–Kier alpha value is -2.26. The van der Waals surface area contributed by atoms with Gasteiger partial charge in [-0.05, 0) is 93.0 Å². The van der Waals surface area contributed by atoms with E-state index in [1.165, 1.54) is 59.1 Å². The zero-order valence-corrected chi connectivity index (χ0v) is 24.4. The van der Waals surface area contributed by atoms with Crippen molar-refractivity contribution in [3.63, 3.8) is 0 Å². The largest absolute Gasteiger partial charge is 0.366 e. The second-order valence-electron chi connectivity index (χ2n) is 9.25. The smallest absolute Gasteiger partial charge is 0.0909 e. The minimum atomic E-state index is 0.821. The van der Waals surface area contributed by atoms with E-state index in [0.717, 1.165) is 29.5 Å². The maximum absolute atomic E-state index is 4.54. The van der Waals surface area contributed by atoms with E-state index in [0.29, 0.717) is 0 Å². The van der Waals surface area contributed by atoms with Crippen LogP contribution in [0.3, 0.4) is 0 Å². The molecular formula is C32H48N2S. The van der Waals surface area contributed by atoms with Crippen LogP contribution in [0.1, 0.15) is 87.1 Å². The van der Waals surface area contributed by atoms with Crippen molar-refractivity contribution in [2.75, 3.05) is 19.8 Å². The van der Waals surface area contributed by atoms with Crippen molar-refractivity contribution in [3.8, 4) is 0 Å². The maximum atomic E-state index is 4.54. The average Bonchev–Trinajstić information content (AvgIpc) is 3.41. The average molecular weight is 493 g/mol. The lowest BCUT2D eigenvalue weighted by molar-refractivity contribution is 0.552. The first-order valence-corrected chi connectivity index (χ1v) is 14.3. The highest BCUT2D eigenvalue weighted by Crippen LogP contribution is 2.35. The van der Waals surface area contributed by atoms with Gasteiger partial charge in [0.15, 0.2) is 0 Å². The van der Waals surface area contributed by atoms with Gasteiger partial charge < -0.3 is 4.90 Å². The van der Waals surface area contributed by atoms with E-state index in [1.54, 1.807) is 11.8 Å². The number of allylic oxidation sites excluding steroid dienone is 1. The molecule has 0 aromatic heterocycles. The lowest BCUT2D eigenvalue weighted by Crippen LogP contribution is -2.14. The van der Waals surface area contributed by atoms with E-state index in [-0.39, 0.29) is 0 Å². The number of thioether (sulfide) groups is 1. The van der Waals surface area contributed by atoms with Crippen LogP contribution in [0.15, 0.2) is 60.1 Å². The molecule has 3 rings (SSSR count). The number of benzene rings is 2. The van der Waals surface area contributed by atoms with Gasteiger partial charge in [0, 0.05) is 18.5 Å². The fourth-order valence-corrected chi connectivity index (χ4v) is 4.45. The van der Waals surface area contributed by atoms with Gasteiger partial charge in [0.2, 0.25) is 0 Å². The Morgan fingerprint density at radius 3 is 2.17 bits per heavy atom. The normalized spacial score (nSPS) is 13.0. The van der Waals surface area contributed by atoms with E-state index < -0.39 is 0 Å². The number of hydrogen-bond donors (Lipinski definition) is 0. The number of hydrogen-bond acceptors (Lipinski definition) is 2. The number of rotatable bonds is 8. The molecule has 0 aliphatic heterocycles. The standard InChI is InChI=1S/C16H24N2.C14H18S.C2H6/c1-7-18(6)11-17-16-10-13(4)15(8-12(2)3)9-14(16)5;1-11(15-2)12-7-9-14(10-8-12)13-5-3-4-6-13;1-2/h9-11H,2,7-8H2,1,3-6H3;7-10,13H,1,3-6H2,2H3;1-2H3. The Kier molecular flexibility index (Phi) is 14.4. The van der Waals surface area contributed by atoms with Crippen LogP contribution >= 0.6 is 11.8 Å². The van der Waals surface area contributed by atoms with Gasteiger partial charge in [-0.15, -0.1) is 11.8 Å². The zero-order valence-electron chi connectivity index (χ0n) is 23.6. The van der Waals surface area contributed by atoms with E-state index in [4.69, 9.17) is 0 Å². The van der Waals surface area contributed by atoms with Gasteiger partial charge in [-0.25, -0.2) is 4.99 Å². The van der Waals surface area contributed by atoms with Crippen LogP contribution < -0.4 is 0 Å². The molecular weight excluding hydrogens is 444 g/mol. The van der Waals surface area contributed by atoms with Crippen LogP contribution in [0, 0.1) is 13.8 Å². The van der Waals surface area contributed by atoms with Crippen LogP contribution in [0.5, 0.6) is 0 Å². The summed E-state index contributed by atoms with van der Waals surface area (Å²) < 4.78 is 0. The molecule has 0 bridgehead atoms. The summed E-state index contributed by atoms with van der Waals surface area (Å²) in [5.41, 5.74) is 8.89. The Bertz CT molecular complexity index is 950. The lowest BCUT2D eigenvalue weighted by Gasteiger charge is -2.11. The van der Waals surface area contributed by atoms with Gasteiger partial charge >= 0.3 is 0 Å². The van der Waals surface area contributed by atoms with Gasteiger partial charge in [-0.2, -0.15) is 0 Å². The van der Waals surface area contributed by atoms with Gasteiger partial charge in [-0.3, -0.25) is 0 Å². The summed E-state index contributed by atoms with van der Waals surface area (Å²) in [5, 5.41) is 0. The summed E-state index contributed by atoms with van der Waals surface area (Å²) in [6.45, 7) is 21.4. The lowest BCUT2D eigenvalue weighted by atomic mass is 9.97. The molecule has 0 heterocycles. The summed E-state index contributed by atoms with van der Waals surface area (Å²) in [7, 11) is 2.03. The van der Waals surface area contributed by atoms with E-state index >= 15 is 0 Å². The molecule has 1 fully saturated rings. The molecule has 0 atom stereocenters. The third-order valence-electron chi connectivity index (χ3n) is 6.35. The zero-order chi connectivity index (χ0) is 26.4. The Balaban J connectivity index is 0.000000331. The molecule has 0 radical (unpaired) electrons. The molecule has 1 aliphatic carbocycles.